The van der Waals surface area contributed by atoms with Gasteiger partial charge >= 0.3 is 0 Å². The number of rotatable bonds is 6. The summed E-state index contributed by atoms with van der Waals surface area (Å²) < 4.78 is 31.3. The van der Waals surface area contributed by atoms with Gasteiger partial charge in [-0.1, -0.05) is 6.92 Å². The number of ether oxygens (including phenoxy) is 1. The van der Waals surface area contributed by atoms with Crippen molar-refractivity contribution in [2.45, 2.75) is 19.3 Å². The number of pyridine rings is 1. The minimum Gasteiger partial charge on any atom is -0.384 e. The van der Waals surface area contributed by atoms with Crippen molar-refractivity contribution in [1.29, 1.82) is 0 Å². The number of hydrogen-bond acceptors (Lipinski definition) is 4. The minimum absolute atomic E-state index is 0.185. The third kappa shape index (κ3) is 3.37. The normalized spacial score (nSPS) is 24.1. The van der Waals surface area contributed by atoms with Crippen molar-refractivity contribution in [3.8, 4) is 0 Å². The van der Waals surface area contributed by atoms with E-state index in [1.807, 2.05) is 19.1 Å². The number of hydrogen-bond donors (Lipinski definition) is 0. The van der Waals surface area contributed by atoms with E-state index in [2.05, 4.69) is 4.98 Å². The molecule has 1 aliphatic heterocycles. The first-order valence-corrected chi connectivity index (χ1v) is 8.56. The maximum atomic E-state index is 12.2. The lowest BCUT2D eigenvalue weighted by molar-refractivity contribution is 0.151. The van der Waals surface area contributed by atoms with Crippen LogP contribution in [0.5, 0.6) is 0 Å². The fourth-order valence-electron chi connectivity index (χ4n) is 2.82. The first-order chi connectivity index (χ1) is 9.58. The van der Waals surface area contributed by atoms with Gasteiger partial charge in [-0.05, 0) is 24.1 Å². The van der Waals surface area contributed by atoms with E-state index >= 15 is 0 Å². The average molecular weight is 298 g/mol. The largest absolute Gasteiger partial charge is 0.384 e. The second kappa shape index (κ2) is 6.65. The highest BCUT2D eigenvalue weighted by Gasteiger charge is 2.38. The Kier molecular flexibility index (Phi) is 5.12. The van der Waals surface area contributed by atoms with Gasteiger partial charge in [-0.2, -0.15) is 0 Å². The summed E-state index contributed by atoms with van der Waals surface area (Å²) in [6.45, 7) is 3.55. The zero-order valence-corrected chi connectivity index (χ0v) is 12.8. The summed E-state index contributed by atoms with van der Waals surface area (Å²) in [6, 6.07) is 3.92. The van der Waals surface area contributed by atoms with E-state index in [4.69, 9.17) is 4.74 Å². The summed E-state index contributed by atoms with van der Waals surface area (Å²) in [5, 5.41) is 0. The predicted molar refractivity (Wildman–Crippen MR) is 78.0 cm³/mol. The third-order valence-electron chi connectivity index (χ3n) is 3.78. The fraction of sp³-hybridized carbons (Fsp3) is 0.643. The molecule has 0 unspecified atom stereocenters. The number of sulfonamides is 1. The minimum atomic E-state index is -3.14. The number of methoxy groups -OCH3 is 1. The zero-order valence-electron chi connectivity index (χ0n) is 12.0. The van der Waals surface area contributed by atoms with Crippen molar-refractivity contribution in [1.82, 2.24) is 9.29 Å². The Bertz CT molecular complexity index is 518. The van der Waals surface area contributed by atoms with Crippen LogP contribution < -0.4 is 0 Å². The SMILES string of the molecule is CCCS(=O)(=O)N1C[C@@H](COC)[C@H](c2ccncc2)C1. The Hall–Kier alpha value is -0.980. The Morgan fingerprint density at radius 1 is 1.35 bits per heavy atom. The lowest BCUT2D eigenvalue weighted by Gasteiger charge is -2.17. The van der Waals surface area contributed by atoms with Gasteiger partial charge in [-0.3, -0.25) is 4.98 Å². The highest BCUT2D eigenvalue weighted by Crippen LogP contribution is 2.34. The molecule has 0 bridgehead atoms. The van der Waals surface area contributed by atoms with Gasteiger partial charge in [-0.15, -0.1) is 0 Å². The van der Waals surface area contributed by atoms with Crippen molar-refractivity contribution in [3.63, 3.8) is 0 Å². The number of aromatic nitrogens is 1. The highest BCUT2D eigenvalue weighted by molar-refractivity contribution is 7.89. The Morgan fingerprint density at radius 3 is 2.65 bits per heavy atom. The topological polar surface area (TPSA) is 59.5 Å². The second-order valence-electron chi connectivity index (χ2n) is 5.24. The van der Waals surface area contributed by atoms with Crippen LogP contribution in [0.25, 0.3) is 0 Å². The van der Waals surface area contributed by atoms with E-state index in [-0.39, 0.29) is 17.6 Å². The van der Waals surface area contributed by atoms with Gasteiger partial charge in [0.2, 0.25) is 10.0 Å². The van der Waals surface area contributed by atoms with Crippen molar-refractivity contribution < 1.29 is 13.2 Å². The molecule has 2 rings (SSSR count). The zero-order chi connectivity index (χ0) is 14.6. The molecule has 0 N–H and O–H groups in total. The van der Waals surface area contributed by atoms with Crippen LogP contribution in [0, 0.1) is 5.92 Å². The molecule has 0 spiro atoms. The van der Waals surface area contributed by atoms with E-state index in [1.165, 1.54) is 0 Å². The van der Waals surface area contributed by atoms with Crippen LogP contribution in [0.3, 0.4) is 0 Å². The van der Waals surface area contributed by atoms with Crippen molar-refractivity contribution in [2.75, 3.05) is 32.6 Å². The van der Waals surface area contributed by atoms with E-state index in [9.17, 15) is 8.42 Å². The van der Waals surface area contributed by atoms with Crippen LogP contribution in [-0.4, -0.2) is 50.3 Å². The van der Waals surface area contributed by atoms with Gasteiger partial charge in [0.25, 0.3) is 0 Å². The van der Waals surface area contributed by atoms with Crippen LogP contribution >= 0.6 is 0 Å². The Morgan fingerprint density at radius 2 is 2.05 bits per heavy atom. The third-order valence-corrected chi connectivity index (χ3v) is 5.79. The quantitative estimate of drug-likeness (QED) is 0.798. The first kappa shape index (κ1) is 15.4. The molecule has 0 radical (unpaired) electrons. The molecule has 20 heavy (non-hydrogen) atoms. The van der Waals surface area contributed by atoms with Crippen molar-refractivity contribution >= 4 is 10.0 Å². The van der Waals surface area contributed by atoms with Gasteiger partial charge in [0.1, 0.15) is 0 Å². The summed E-state index contributed by atoms with van der Waals surface area (Å²) >= 11 is 0. The molecule has 0 aliphatic carbocycles. The summed E-state index contributed by atoms with van der Waals surface area (Å²) in [7, 11) is -1.48. The molecular formula is C14H22N2O3S. The molecule has 0 amide bonds. The average Bonchev–Trinajstić information content (AvgIpc) is 2.85. The van der Waals surface area contributed by atoms with E-state index in [0.29, 0.717) is 26.1 Å². The predicted octanol–water partition coefficient (Wildman–Crippen LogP) is 1.48. The van der Waals surface area contributed by atoms with E-state index in [1.54, 1.807) is 23.8 Å². The highest BCUT2D eigenvalue weighted by atomic mass is 32.2. The summed E-state index contributed by atoms with van der Waals surface area (Å²) in [4.78, 5) is 4.02. The Balaban J connectivity index is 2.20. The molecule has 1 fully saturated rings. The molecule has 1 saturated heterocycles. The van der Waals surface area contributed by atoms with Crippen molar-refractivity contribution in [3.05, 3.63) is 30.1 Å². The maximum Gasteiger partial charge on any atom is 0.214 e. The smallest absolute Gasteiger partial charge is 0.214 e. The second-order valence-corrected chi connectivity index (χ2v) is 7.32. The lowest BCUT2D eigenvalue weighted by Crippen LogP contribution is -2.31. The molecule has 1 aliphatic rings. The van der Waals surface area contributed by atoms with Gasteiger partial charge in [0.05, 0.1) is 12.4 Å². The van der Waals surface area contributed by atoms with Crippen LogP contribution in [-0.2, 0) is 14.8 Å². The standard InChI is InChI=1S/C14H22N2O3S/c1-3-8-20(17,18)16-9-13(11-19-2)14(10-16)12-4-6-15-7-5-12/h4-7,13-14H,3,8-11H2,1-2H3/t13-,14-/m0/s1. The van der Waals surface area contributed by atoms with E-state index < -0.39 is 10.0 Å². The van der Waals surface area contributed by atoms with E-state index in [0.717, 1.165) is 5.56 Å². The van der Waals surface area contributed by atoms with Crippen molar-refractivity contribution in [2.24, 2.45) is 5.92 Å². The monoisotopic (exact) mass is 298 g/mol. The molecule has 5 nitrogen and oxygen atoms in total. The molecule has 0 saturated carbocycles. The van der Waals surface area contributed by atoms with Gasteiger partial charge in [-0.25, -0.2) is 12.7 Å². The molecule has 112 valence electrons. The van der Waals surface area contributed by atoms with Crippen LogP contribution in [0.15, 0.2) is 24.5 Å². The molecule has 2 atom stereocenters. The molecule has 1 aromatic rings. The fourth-order valence-corrected chi connectivity index (χ4v) is 4.40. The van der Waals surface area contributed by atoms with Gasteiger partial charge in [0, 0.05) is 44.4 Å². The number of nitrogens with zero attached hydrogens (tertiary/aromatic N) is 2. The molecule has 6 heteroatoms. The van der Waals surface area contributed by atoms with Gasteiger partial charge in [0.15, 0.2) is 0 Å². The molecule has 0 aromatic carbocycles. The van der Waals surface area contributed by atoms with Crippen LogP contribution in [0.2, 0.25) is 0 Å². The van der Waals surface area contributed by atoms with Crippen LogP contribution in [0.4, 0.5) is 0 Å². The summed E-state index contributed by atoms with van der Waals surface area (Å²) in [5.41, 5.74) is 1.14. The summed E-state index contributed by atoms with van der Waals surface area (Å²) in [6.07, 6.45) is 4.15. The molecular weight excluding hydrogens is 276 g/mol. The lowest BCUT2D eigenvalue weighted by atomic mass is 9.90. The first-order valence-electron chi connectivity index (χ1n) is 6.95. The molecule has 2 heterocycles. The molecule has 1 aromatic heterocycles. The van der Waals surface area contributed by atoms with Gasteiger partial charge < -0.3 is 4.74 Å². The van der Waals surface area contributed by atoms with Crippen LogP contribution in [0.1, 0.15) is 24.8 Å². The maximum absolute atomic E-state index is 12.2. The summed E-state index contributed by atoms with van der Waals surface area (Å²) in [5.74, 6) is 0.606. The Labute approximate surface area is 121 Å².